The van der Waals surface area contributed by atoms with Gasteiger partial charge in [-0.3, -0.25) is 14.6 Å². The molecular formula is C29H23N3O3S. The lowest BCUT2D eigenvalue weighted by Crippen LogP contribution is -2.14. The van der Waals surface area contributed by atoms with Gasteiger partial charge in [-0.1, -0.05) is 36.4 Å². The van der Waals surface area contributed by atoms with Gasteiger partial charge in [-0.2, -0.15) is 0 Å². The molecule has 0 spiro atoms. The van der Waals surface area contributed by atoms with Crippen molar-refractivity contribution in [3.63, 3.8) is 0 Å². The molecular weight excluding hydrogens is 470 g/mol. The van der Waals surface area contributed by atoms with Crippen LogP contribution in [0, 0.1) is 0 Å². The maximum absolute atomic E-state index is 12.5. The zero-order chi connectivity index (χ0) is 24.7. The molecule has 0 radical (unpaired) electrons. The molecule has 0 aliphatic heterocycles. The van der Waals surface area contributed by atoms with Crippen molar-refractivity contribution in [3.05, 3.63) is 120 Å². The van der Waals surface area contributed by atoms with Gasteiger partial charge in [0.25, 0.3) is 5.91 Å². The summed E-state index contributed by atoms with van der Waals surface area (Å²) in [4.78, 5) is 30.3. The van der Waals surface area contributed by atoms with Crippen molar-refractivity contribution >= 4 is 45.9 Å². The average Bonchev–Trinajstić information content (AvgIpc) is 3.35. The van der Waals surface area contributed by atoms with Gasteiger partial charge in [-0.05, 0) is 65.7 Å². The standard InChI is InChI=1S/C29H23N3O3S/c33-28(31-23-11-13-25(14-12-23)36-19-21-4-3-15-30-18-21)16-20-7-9-24(10-8-20)32-29(34)27-17-22-5-1-2-6-26(22)35-27/h1-15,17-18H,16,19H2,(H,31,33)(H,32,34). The molecule has 0 unspecified atom stereocenters. The van der Waals surface area contributed by atoms with Crippen molar-refractivity contribution in [1.82, 2.24) is 4.98 Å². The van der Waals surface area contributed by atoms with Crippen LogP contribution in [-0.2, 0) is 17.0 Å². The Labute approximate surface area is 212 Å². The summed E-state index contributed by atoms with van der Waals surface area (Å²) >= 11 is 1.72. The number of carbonyl (C=O) groups excluding carboxylic acids is 2. The van der Waals surface area contributed by atoms with Crippen LogP contribution in [0.15, 0.2) is 113 Å². The van der Waals surface area contributed by atoms with Crippen molar-refractivity contribution < 1.29 is 14.0 Å². The fourth-order valence-electron chi connectivity index (χ4n) is 3.67. The fourth-order valence-corrected chi connectivity index (χ4v) is 4.50. The maximum Gasteiger partial charge on any atom is 0.291 e. The molecule has 0 aliphatic rings. The number of amides is 2. The molecule has 0 saturated carbocycles. The number of carbonyl (C=O) groups is 2. The second-order valence-corrected chi connectivity index (χ2v) is 9.25. The zero-order valence-electron chi connectivity index (χ0n) is 19.3. The number of furan rings is 1. The number of hydrogen-bond donors (Lipinski definition) is 2. The Hall–Kier alpha value is -4.36. The molecule has 7 heteroatoms. The lowest BCUT2D eigenvalue weighted by Gasteiger charge is -2.08. The van der Waals surface area contributed by atoms with Crippen molar-refractivity contribution in [3.8, 4) is 0 Å². The first-order valence-electron chi connectivity index (χ1n) is 11.4. The number of pyridine rings is 1. The van der Waals surface area contributed by atoms with E-state index in [-0.39, 0.29) is 24.0 Å². The highest BCUT2D eigenvalue weighted by Crippen LogP contribution is 2.24. The summed E-state index contributed by atoms with van der Waals surface area (Å²) in [5.74, 6) is 0.665. The van der Waals surface area contributed by atoms with Crippen LogP contribution in [0.5, 0.6) is 0 Å². The number of thioether (sulfide) groups is 1. The Kier molecular flexibility index (Phi) is 7.10. The number of hydrogen-bond acceptors (Lipinski definition) is 5. The van der Waals surface area contributed by atoms with E-state index in [2.05, 4.69) is 21.7 Å². The Balaban J connectivity index is 1.11. The normalized spacial score (nSPS) is 10.8. The second kappa shape index (κ2) is 10.9. The predicted octanol–water partition coefficient (Wildman–Crippen LogP) is 6.55. The molecule has 6 nitrogen and oxygen atoms in total. The van der Waals surface area contributed by atoms with Gasteiger partial charge in [0.05, 0.1) is 6.42 Å². The van der Waals surface area contributed by atoms with Crippen LogP contribution in [0.2, 0.25) is 0 Å². The largest absolute Gasteiger partial charge is 0.451 e. The Morgan fingerprint density at radius 1 is 0.806 bits per heavy atom. The fraction of sp³-hybridized carbons (Fsp3) is 0.0690. The van der Waals surface area contributed by atoms with Gasteiger partial charge in [0, 0.05) is 39.8 Å². The van der Waals surface area contributed by atoms with E-state index in [4.69, 9.17) is 4.42 Å². The van der Waals surface area contributed by atoms with E-state index in [1.54, 1.807) is 36.2 Å². The Bertz CT molecular complexity index is 1450. The lowest BCUT2D eigenvalue weighted by atomic mass is 10.1. The third-order valence-corrected chi connectivity index (χ3v) is 6.58. The van der Waals surface area contributed by atoms with E-state index in [1.807, 2.05) is 72.9 Å². The molecule has 5 aromatic rings. The Morgan fingerprint density at radius 3 is 2.31 bits per heavy atom. The number of aromatic nitrogens is 1. The van der Waals surface area contributed by atoms with Crippen molar-refractivity contribution in [2.45, 2.75) is 17.1 Å². The van der Waals surface area contributed by atoms with Crippen LogP contribution in [0.25, 0.3) is 11.0 Å². The summed E-state index contributed by atoms with van der Waals surface area (Å²) in [7, 11) is 0. The highest BCUT2D eigenvalue weighted by molar-refractivity contribution is 7.98. The number of anilines is 2. The van der Waals surface area contributed by atoms with E-state index in [9.17, 15) is 9.59 Å². The van der Waals surface area contributed by atoms with Crippen molar-refractivity contribution in [2.24, 2.45) is 0 Å². The summed E-state index contributed by atoms with van der Waals surface area (Å²) < 4.78 is 5.61. The third-order valence-electron chi connectivity index (χ3n) is 5.49. The van der Waals surface area contributed by atoms with Gasteiger partial charge < -0.3 is 15.1 Å². The summed E-state index contributed by atoms with van der Waals surface area (Å²) in [5, 5.41) is 6.64. The van der Waals surface area contributed by atoms with Gasteiger partial charge in [0.1, 0.15) is 5.58 Å². The van der Waals surface area contributed by atoms with E-state index >= 15 is 0 Å². The molecule has 3 aromatic carbocycles. The number of rotatable bonds is 8. The van der Waals surface area contributed by atoms with Gasteiger partial charge in [0.15, 0.2) is 5.76 Å². The molecule has 2 N–H and O–H groups in total. The van der Waals surface area contributed by atoms with Crippen LogP contribution in [0.3, 0.4) is 0 Å². The molecule has 2 aromatic heterocycles. The summed E-state index contributed by atoms with van der Waals surface area (Å²) in [5.41, 5.74) is 4.06. The Morgan fingerprint density at radius 2 is 1.56 bits per heavy atom. The SMILES string of the molecule is O=C(Cc1ccc(NC(=O)c2cc3ccccc3o2)cc1)Nc1ccc(SCc2cccnc2)cc1. The van der Waals surface area contributed by atoms with Gasteiger partial charge >= 0.3 is 0 Å². The highest BCUT2D eigenvalue weighted by Gasteiger charge is 2.12. The number of fused-ring (bicyclic) bond motifs is 1. The topological polar surface area (TPSA) is 84.2 Å². The lowest BCUT2D eigenvalue weighted by molar-refractivity contribution is -0.115. The van der Waals surface area contributed by atoms with Crippen LogP contribution in [0.4, 0.5) is 11.4 Å². The number of nitrogens with one attached hydrogen (secondary N) is 2. The summed E-state index contributed by atoms with van der Waals surface area (Å²) in [6, 6.07) is 28.2. The number of para-hydroxylation sites is 1. The van der Waals surface area contributed by atoms with Crippen LogP contribution >= 0.6 is 11.8 Å². The molecule has 5 rings (SSSR count). The van der Waals surface area contributed by atoms with E-state index < -0.39 is 0 Å². The first kappa shape index (κ1) is 23.4. The zero-order valence-corrected chi connectivity index (χ0v) is 20.1. The van der Waals surface area contributed by atoms with E-state index in [0.29, 0.717) is 11.3 Å². The van der Waals surface area contributed by atoms with Gasteiger partial charge in [-0.15, -0.1) is 11.8 Å². The molecule has 0 atom stereocenters. The summed E-state index contributed by atoms with van der Waals surface area (Å²) in [6.07, 6.45) is 3.86. The average molecular weight is 494 g/mol. The van der Waals surface area contributed by atoms with Crippen molar-refractivity contribution in [1.29, 1.82) is 0 Å². The van der Waals surface area contributed by atoms with Crippen LogP contribution in [-0.4, -0.2) is 16.8 Å². The first-order chi connectivity index (χ1) is 17.6. The number of nitrogens with zero attached hydrogens (tertiary/aromatic N) is 1. The van der Waals surface area contributed by atoms with Crippen LogP contribution in [0.1, 0.15) is 21.7 Å². The van der Waals surface area contributed by atoms with E-state index in [0.717, 1.165) is 27.3 Å². The first-order valence-corrected chi connectivity index (χ1v) is 12.4. The molecule has 0 fully saturated rings. The number of benzene rings is 3. The molecule has 178 valence electrons. The predicted molar refractivity (Wildman–Crippen MR) is 143 cm³/mol. The van der Waals surface area contributed by atoms with Crippen molar-refractivity contribution in [2.75, 3.05) is 10.6 Å². The molecule has 2 heterocycles. The second-order valence-electron chi connectivity index (χ2n) is 8.20. The minimum absolute atomic E-state index is 0.107. The monoisotopic (exact) mass is 493 g/mol. The molecule has 0 aliphatic carbocycles. The minimum atomic E-state index is -0.321. The molecule has 36 heavy (non-hydrogen) atoms. The molecule has 0 bridgehead atoms. The summed E-state index contributed by atoms with van der Waals surface area (Å²) in [6.45, 7) is 0. The quantitative estimate of drug-likeness (QED) is 0.239. The molecule has 0 saturated heterocycles. The van der Waals surface area contributed by atoms with E-state index in [1.165, 1.54) is 5.56 Å². The highest BCUT2D eigenvalue weighted by atomic mass is 32.2. The molecule has 2 amide bonds. The minimum Gasteiger partial charge on any atom is -0.451 e. The third kappa shape index (κ3) is 6.00. The van der Waals surface area contributed by atoms with Gasteiger partial charge in [0.2, 0.25) is 5.91 Å². The maximum atomic E-state index is 12.5. The van der Waals surface area contributed by atoms with Crippen LogP contribution < -0.4 is 10.6 Å². The smallest absolute Gasteiger partial charge is 0.291 e. The van der Waals surface area contributed by atoms with Gasteiger partial charge in [-0.25, -0.2) is 0 Å².